The van der Waals surface area contributed by atoms with Crippen molar-refractivity contribution in [1.82, 2.24) is 19.6 Å². The van der Waals surface area contributed by atoms with Crippen LogP contribution in [0.25, 0.3) is 0 Å². The van der Waals surface area contributed by atoms with Gasteiger partial charge in [-0.1, -0.05) is 24.3 Å². The van der Waals surface area contributed by atoms with Crippen molar-refractivity contribution in [3.05, 3.63) is 70.0 Å². The molecule has 7 heteroatoms. The van der Waals surface area contributed by atoms with Gasteiger partial charge in [0.2, 0.25) is 5.91 Å². The highest BCUT2D eigenvalue weighted by Crippen LogP contribution is 2.33. The molecule has 2 aromatic carbocycles. The Kier molecular flexibility index (Phi) is 7.57. The Hall–Kier alpha value is -2.77. The monoisotopic (exact) mass is 480 g/mol. The molecule has 2 aliphatic heterocycles. The van der Waals surface area contributed by atoms with Crippen LogP contribution < -0.4 is 0 Å². The summed E-state index contributed by atoms with van der Waals surface area (Å²) in [6.07, 6.45) is 0. The first-order valence-corrected chi connectivity index (χ1v) is 12.4. The SMILES string of the molecule is CC(=O)N1CCN(C(=O)c2ccc([C@H]3CN(Cc4c(C)cccc4F)C[C@@H]3N(C)C)cc2C)CC1. The zero-order chi connectivity index (χ0) is 25.3. The fraction of sp³-hybridized carbons (Fsp3) is 0.500. The highest BCUT2D eigenvalue weighted by molar-refractivity contribution is 5.96. The molecule has 2 aliphatic rings. The van der Waals surface area contributed by atoms with Crippen molar-refractivity contribution in [3.63, 3.8) is 0 Å². The Morgan fingerprint density at radius 3 is 2.26 bits per heavy atom. The molecule has 6 nitrogen and oxygen atoms in total. The highest BCUT2D eigenvalue weighted by atomic mass is 19.1. The average molecular weight is 481 g/mol. The molecule has 0 spiro atoms. The van der Waals surface area contributed by atoms with Crippen LogP contribution in [0.3, 0.4) is 0 Å². The molecule has 4 rings (SSSR count). The lowest BCUT2D eigenvalue weighted by molar-refractivity contribution is -0.130. The number of nitrogens with zero attached hydrogens (tertiary/aromatic N) is 4. The fourth-order valence-corrected chi connectivity index (χ4v) is 5.49. The maximum Gasteiger partial charge on any atom is 0.254 e. The summed E-state index contributed by atoms with van der Waals surface area (Å²) in [6, 6.07) is 11.8. The minimum atomic E-state index is -0.141. The van der Waals surface area contributed by atoms with Gasteiger partial charge in [0.05, 0.1) is 0 Å². The topological polar surface area (TPSA) is 47.1 Å². The predicted molar refractivity (Wildman–Crippen MR) is 136 cm³/mol. The number of carbonyl (C=O) groups excluding carboxylic acids is 2. The second-order valence-corrected chi connectivity index (χ2v) is 10.2. The lowest BCUT2D eigenvalue weighted by atomic mass is 9.91. The Morgan fingerprint density at radius 1 is 0.971 bits per heavy atom. The van der Waals surface area contributed by atoms with Crippen molar-refractivity contribution in [1.29, 1.82) is 0 Å². The molecule has 0 aromatic heterocycles. The third-order valence-corrected chi connectivity index (χ3v) is 7.68. The molecule has 2 saturated heterocycles. The molecule has 0 unspecified atom stereocenters. The highest BCUT2D eigenvalue weighted by Gasteiger charge is 2.36. The van der Waals surface area contributed by atoms with E-state index in [1.165, 1.54) is 5.56 Å². The van der Waals surface area contributed by atoms with E-state index < -0.39 is 0 Å². The van der Waals surface area contributed by atoms with E-state index in [1.807, 2.05) is 30.9 Å². The van der Waals surface area contributed by atoms with Crippen LogP contribution >= 0.6 is 0 Å². The smallest absolute Gasteiger partial charge is 0.254 e. The van der Waals surface area contributed by atoms with E-state index in [4.69, 9.17) is 0 Å². The molecule has 2 amide bonds. The van der Waals surface area contributed by atoms with Gasteiger partial charge >= 0.3 is 0 Å². The molecular formula is C28H37FN4O2. The summed E-state index contributed by atoms with van der Waals surface area (Å²) in [5.41, 5.74) is 4.67. The second-order valence-electron chi connectivity index (χ2n) is 10.2. The standard InChI is InChI=1S/C28H37FN4O2/c1-19-7-6-8-26(29)24(19)16-31-17-25(27(18-31)30(4)5)22-9-10-23(20(2)15-22)28(35)33-13-11-32(12-14-33)21(3)34/h6-10,15,25,27H,11-14,16-18H2,1-5H3/t25-,27+/m1/s1. The van der Waals surface area contributed by atoms with Crippen LogP contribution in [0.15, 0.2) is 36.4 Å². The van der Waals surface area contributed by atoms with Crippen LogP contribution in [0.1, 0.15) is 45.5 Å². The van der Waals surface area contributed by atoms with Crippen LogP contribution in [-0.2, 0) is 11.3 Å². The van der Waals surface area contributed by atoms with Gasteiger partial charge in [0, 0.05) is 75.8 Å². The second kappa shape index (κ2) is 10.5. The van der Waals surface area contributed by atoms with Crippen LogP contribution in [-0.4, -0.2) is 90.8 Å². The van der Waals surface area contributed by atoms with Gasteiger partial charge in [-0.2, -0.15) is 0 Å². The number of hydrogen-bond donors (Lipinski definition) is 0. The number of likely N-dealkylation sites (N-methyl/N-ethyl adjacent to an activating group) is 1. The Bertz CT molecular complexity index is 1070. The first-order valence-electron chi connectivity index (χ1n) is 12.4. The molecule has 0 N–H and O–H groups in total. The summed E-state index contributed by atoms with van der Waals surface area (Å²) in [6.45, 7) is 10.2. The largest absolute Gasteiger partial charge is 0.339 e. The van der Waals surface area contributed by atoms with Gasteiger partial charge in [0.25, 0.3) is 5.91 Å². The number of halogens is 1. The number of rotatable bonds is 5. The molecular weight excluding hydrogens is 443 g/mol. The number of carbonyl (C=O) groups is 2. The zero-order valence-corrected chi connectivity index (χ0v) is 21.6. The third kappa shape index (κ3) is 5.41. The van der Waals surface area contributed by atoms with Gasteiger partial charge in [0.1, 0.15) is 5.82 Å². The van der Waals surface area contributed by atoms with Crippen molar-refractivity contribution in [2.75, 3.05) is 53.4 Å². The minimum Gasteiger partial charge on any atom is -0.339 e. The average Bonchev–Trinajstić information content (AvgIpc) is 3.25. The van der Waals surface area contributed by atoms with Gasteiger partial charge in [-0.05, 0) is 56.8 Å². The summed E-state index contributed by atoms with van der Waals surface area (Å²) in [5, 5.41) is 0. The van der Waals surface area contributed by atoms with Gasteiger partial charge in [-0.25, -0.2) is 4.39 Å². The maximum absolute atomic E-state index is 14.5. The van der Waals surface area contributed by atoms with Gasteiger partial charge in [0.15, 0.2) is 0 Å². The van der Waals surface area contributed by atoms with E-state index in [1.54, 1.807) is 24.0 Å². The van der Waals surface area contributed by atoms with E-state index in [-0.39, 0.29) is 23.5 Å². The number of piperazine rings is 1. The summed E-state index contributed by atoms with van der Waals surface area (Å²) < 4.78 is 14.5. The predicted octanol–water partition coefficient (Wildman–Crippen LogP) is 3.28. The molecule has 2 aromatic rings. The zero-order valence-electron chi connectivity index (χ0n) is 21.6. The number of amides is 2. The molecule has 35 heavy (non-hydrogen) atoms. The maximum atomic E-state index is 14.5. The molecule has 0 radical (unpaired) electrons. The molecule has 0 saturated carbocycles. The van der Waals surface area contributed by atoms with Crippen molar-refractivity contribution < 1.29 is 14.0 Å². The fourth-order valence-electron chi connectivity index (χ4n) is 5.49. The van der Waals surface area contributed by atoms with E-state index in [2.05, 4.69) is 36.0 Å². The minimum absolute atomic E-state index is 0.0319. The van der Waals surface area contributed by atoms with E-state index in [0.717, 1.165) is 35.3 Å². The van der Waals surface area contributed by atoms with Crippen LogP contribution in [0.4, 0.5) is 4.39 Å². The molecule has 0 bridgehead atoms. The quantitative estimate of drug-likeness (QED) is 0.659. The lowest BCUT2D eigenvalue weighted by Gasteiger charge is -2.34. The van der Waals surface area contributed by atoms with E-state index >= 15 is 0 Å². The van der Waals surface area contributed by atoms with Crippen molar-refractivity contribution >= 4 is 11.8 Å². The summed E-state index contributed by atoms with van der Waals surface area (Å²) in [4.78, 5) is 33.0. The normalized spacial score (nSPS) is 21.1. The van der Waals surface area contributed by atoms with Gasteiger partial charge in [-0.15, -0.1) is 0 Å². The van der Waals surface area contributed by atoms with E-state index in [9.17, 15) is 14.0 Å². The van der Waals surface area contributed by atoms with Gasteiger partial charge in [-0.3, -0.25) is 14.5 Å². The van der Waals surface area contributed by atoms with Crippen molar-refractivity contribution in [2.45, 2.75) is 39.3 Å². The van der Waals surface area contributed by atoms with E-state index in [0.29, 0.717) is 38.8 Å². The molecule has 0 aliphatic carbocycles. The van der Waals surface area contributed by atoms with Crippen molar-refractivity contribution in [2.24, 2.45) is 0 Å². The first kappa shape index (κ1) is 25.3. The number of benzene rings is 2. The Morgan fingerprint density at radius 2 is 1.66 bits per heavy atom. The van der Waals surface area contributed by atoms with Crippen LogP contribution in [0, 0.1) is 19.7 Å². The molecule has 2 heterocycles. The molecule has 188 valence electrons. The lowest BCUT2D eigenvalue weighted by Crippen LogP contribution is -2.50. The van der Waals surface area contributed by atoms with Crippen molar-refractivity contribution in [3.8, 4) is 0 Å². The first-order chi connectivity index (χ1) is 16.7. The summed E-state index contributed by atoms with van der Waals surface area (Å²) >= 11 is 0. The summed E-state index contributed by atoms with van der Waals surface area (Å²) in [7, 11) is 4.20. The van der Waals surface area contributed by atoms with Crippen LogP contribution in [0.2, 0.25) is 0 Å². The van der Waals surface area contributed by atoms with Gasteiger partial charge < -0.3 is 14.7 Å². The Labute approximate surface area is 208 Å². The molecule has 2 fully saturated rings. The number of aryl methyl sites for hydroxylation is 2. The van der Waals surface area contributed by atoms with Crippen LogP contribution in [0.5, 0.6) is 0 Å². The third-order valence-electron chi connectivity index (χ3n) is 7.68. The summed E-state index contributed by atoms with van der Waals surface area (Å²) in [5.74, 6) is 0.227. The Balaban J connectivity index is 1.49. The molecule has 2 atom stereocenters. The number of hydrogen-bond acceptors (Lipinski definition) is 4. The number of likely N-dealkylation sites (tertiary alicyclic amines) is 1.